The molecular weight excluding hydrogens is 248 g/mol. The Bertz CT molecular complexity index is 413. The summed E-state index contributed by atoms with van der Waals surface area (Å²) in [7, 11) is 1.73. The molecule has 0 aliphatic carbocycles. The highest BCUT2D eigenvalue weighted by Gasteiger charge is 2.16. The van der Waals surface area contributed by atoms with Crippen LogP contribution < -0.4 is 10.1 Å². The Morgan fingerprint density at radius 1 is 1.35 bits per heavy atom. The lowest BCUT2D eigenvalue weighted by molar-refractivity contribution is 0.226. The largest absolute Gasteiger partial charge is 0.496 e. The third kappa shape index (κ3) is 4.22. The monoisotopic (exact) mass is 276 g/mol. The summed E-state index contributed by atoms with van der Waals surface area (Å²) in [6.07, 6.45) is 4.02. The summed E-state index contributed by atoms with van der Waals surface area (Å²) >= 11 is 0. The minimum Gasteiger partial charge on any atom is -0.496 e. The second-order valence-corrected chi connectivity index (χ2v) is 5.78. The number of nitrogens with one attached hydrogen (secondary N) is 1. The van der Waals surface area contributed by atoms with Gasteiger partial charge in [-0.2, -0.15) is 0 Å². The highest BCUT2D eigenvalue weighted by molar-refractivity contribution is 5.36. The van der Waals surface area contributed by atoms with Gasteiger partial charge < -0.3 is 10.1 Å². The molecule has 112 valence electrons. The minimum atomic E-state index is 0.669. The third-order valence-electron chi connectivity index (χ3n) is 4.20. The summed E-state index contributed by atoms with van der Waals surface area (Å²) in [6.45, 7) is 8.83. The van der Waals surface area contributed by atoms with E-state index < -0.39 is 0 Å². The molecule has 1 unspecified atom stereocenters. The van der Waals surface area contributed by atoms with Crippen LogP contribution in [0, 0.1) is 6.92 Å². The number of nitrogens with zero attached hydrogens (tertiary/aromatic N) is 1. The van der Waals surface area contributed by atoms with Crippen LogP contribution in [-0.4, -0.2) is 37.7 Å². The number of ether oxygens (including phenoxy) is 1. The van der Waals surface area contributed by atoms with E-state index in [1.165, 1.54) is 36.9 Å². The topological polar surface area (TPSA) is 24.5 Å². The number of aryl methyl sites for hydroxylation is 1. The molecule has 0 spiro atoms. The smallest absolute Gasteiger partial charge is 0.121 e. The number of likely N-dealkylation sites (N-methyl/N-ethyl adjacent to an activating group) is 1. The highest BCUT2D eigenvalue weighted by atomic mass is 16.5. The van der Waals surface area contributed by atoms with Crippen LogP contribution in [0.2, 0.25) is 0 Å². The van der Waals surface area contributed by atoms with Crippen LogP contribution in [0.3, 0.4) is 0 Å². The normalized spacial score (nSPS) is 19.3. The summed E-state index contributed by atoms with van der Waals surface area (Å²) in [5, 5.41) is 3.64. The van der Waals surface area contributed by atoms with Crippen molar-refractivity contribution < 1.29 is 4.74 Å². The van der Waals surface area contributed by atoms with Gasteiger partial charge in [0.2, 0.25) is 0 Å². The van der Waals surface area contributed by atoms with Crippen LogP contribution >= 0.6 is 0 Å². The van der Waals surface area contributed by atoms with Gasteiger partial charge in [-0.3, -0.25) is 4.90 Å². The lowest BCUT2D eigenvalue weighted by Crippen LogP contribution is -2.43. The van der Waals surface area contributed by atoms with Crippen molar-refractivity contribution in [2.75, 3.05) is 26.7 Å². The van der Waals surface area contributed by atoms with E-state index in [1.807, 2.05) is 0 Å². The quantitative estimate of drug-likeness (QED) is 0.864. The van der Waals surface area contributed by atoms with E-state index in [2.05, 4.69) is 42.3 Å². The van der Waals surface area contributed by atoms with Gasteiger partial charge in [0.15, 0.2) is 0 Å². The maximum Gasteiger partial charge on any atom is 0.121 e. The summed E-state index contributed by atoms with van der Waals surface area (Å²) in [4.78, 5) is 2.53. The third-order valence-corrected chi connectivity index (χ3v) is 4.20. The average Bonchev–Trinajstić information content (AvgIpc) is 2.48. The molecule has 20 heavy (non-hydrogen) atoms. The molecule has 1 heterocycles. The van der Waals surface area contributed by atoms with Gasteiger partial charge in [-0.15, -0.1) is 0 Å². The number of methoxy groups -OCH3 is 1. The maximum atomic E-state index is 5.33. The average molecular weight is 276 g/mol. The first-order chi connectivity index (χ1) is 9.72. The molecule has 1 aliphatic heterocycles. The van der Waals surface area contributed by atoms with Crippen molar-refractivity contribution in [1.29, 1.82) is 0 Å². The van der Waals surface area contributed by atoms with Gasteiger partial charge in [-0.05, 0) is 50.0 Å². The van der Waals surface area contributed by atoms with Gasteiger partial charge in [0.1, 0.15) is 5.75 Å². The number of piperidine rings is 1. The van der Waals surface area contributed by atoms with Gasteiger partial charge in [-0.1, -0.05) is 25.5 Å². The molecule has 1 saturated heterocycles. The molecule has 0 amide bonds. The van der Waals surface area contributed by atoms with Crippen molar-refractivity contribution in [3.05, 3.63) is 29.3 Å². The van der Waals surface area contributed by atoms with Gasteiger partial charge in [-0.25, -0.2) is 0 Å². The zero-order valence-electron chi connectivity index (χ0n) is 13.1. The van der Waals surface area contributed by atoms with Crippen molar-refractivity contribution >= 4 is 0 Å². The van der Waals surface area contributed by atoms with E-state index in [4.69, 9.17) is 4.74 Å². The predicted octanol–water partition coefficient (Wildman–Crippen LogP) is 2.97. The van der Waals surface area contributed by atoms with Gasteiger partial charge in [0.25, 0.3) is 0 Å². The minimum absolute atomic E-state index is 0.669. The van der Waals surface area contributed by atoms with Crippen LogP contribution in [0.5, 0.6) is 5.75 Å². The molecule has 0 saturated carbocycles. The molecule has 3 heteroatoms. The summed E-state index contributed by atoms with van der Waals surface area (Å²) in [6, 6.07) is 7.18. The fraction of sp³-hybridized carbons (Fsp3) is 0.647. The Hall–Kier alpha value is -1.06. The Balaban J connectivity index is 1.93. The predicted molar refractivity (Wildman–Crippen MR) is 84.3 cm³/mol. The van der Waals surface area contributed by atoms with E-state index in [9.17, 15) is 0 Å². The van der Waals surface area contributed by atoms with Gasteiger partial charge in [0, 0.05) is 19.1 Å². The number of rotatable bonds is 6. The van der Waals surface area contributed by atoms with Crippen LogP contribution in [0.4, 0.5) is 0 Å². The molecule has 1 aromatic carbocycles. The van der Waals surface area contributed by atoms with Crippen LogP contribution in [-0.2, 0) is 6.54 Å². The van der Waals surface area contributed by atoms with Crippen molar-refractivity contribution in [2.24, 2.45) is 0 Å². The molecule has 0 aromatic heterocycles. The Kier molecular flexibility index (Phi) is 5.86. The second kappa shape index (κ2) is 7.65. The van der Waals surface area contributed by atoms with Crippen molar-refractivity contribution in [3.8, 4) is 5.75 Å². The molecule has 0 bridgehead atoms. The first kappa shape index (κ1) is 15.3. The van der Waals surface area contributed by atoms with E-state index in [-0.39, 0.29) is 0 Å². The van der Waals surface area contributed by atoms with Crippen molar-refractivity contribution in [2.45, 2.75) is 45.7 Å². The standard InChI is InChI=1S/C17H28N2O/c1-4-19(13-16-7-5-6-10-18-16)12-15-8-9-17(20-3)14(2)11-15/h8-9,11,16,18H,4-7,10,12-13H2,1-3H3. The summed E-state index contributed by atoms with van der Waals surface area (Å²) in [5.41, 5.74) is 2.60. The number of hydrogen-bond donors (Lipinski definition) is 1. The summed E-state index contributed by atoms with van der Waals surface area (Å²) in [5.74, 6) is 0.978. The second-order valence-electron chi connectivity index (χ2n) is 5.78. The maximum absolute atomic E-state index is 5.33. The van der Waals surface area contributed by atoms with E-state index in [1.54, 1.807) is 7.11 Å². The Morgan fingerprint density at radius 2 is 2.20 bits per heavy atom. The lowest BCUT2D eigenvalue weighted by Gasteiger charge is -2.30. The Labute approximate surface area is 123 Å². The van der Waals surface area contributed by atoms with E-state index >= 15 is 0 Å². The molecule has 1 atom stereocenters. The van der Waals surface area contributed by atoms with Crippen molar-refractivity contribution in [1.82, 2.24) is 10.2 Å². The van der Waals surface area contributed by atoms with Crippen LogP contribution in [0.1, 0.15) is 37.3 Å². The first-order valence-corrected chi connectivity index (χ1v) is 7.82. The highest BCUT2D eigenvalue weighted by Crippen LogP contribution is 2.19. The molecule has 1 N–H and O–H groups in total. The number of benzene rings is 1. The van der Waals surface area contributed by atoms with E-state index in [0.717, 1.165) is 25.4 Å². The van der Waals surface area contributed by atoms with Crippen molar-refractivity contribution in [3.63, 3.8) is 0 Å². The first-order valence-electron chi connectivity index (χ1n) is 7.82. The van der Waals surface area contributed by atoms with Gasteiger partial charge in [0.05, 0.1) is 7.11 Å². The van der Waals surface area contributed by atoms with Crippen LogP contribution in [0.25, 0.3) is 0 Å². The number of hydrogen-bond acceptors (Lipinski definition) is 3. The fourth-order valence-electron chi connectivity index (χ4n) is 2.99. The SMILES string of the molecule is CCN(Cc1ccc(OC)c(C)c1)CC1CCCCN1. The molecule has 1 fully saturated rings. The van der Waals surface area contributed by atoms with E-state index in [0.29, 0.717) is 6.04 Å². The Morgan fingerprint density at radius 3 is 2.80 bits per heavy atom. The molecule has 1 aliphatic rings. The zero-order chi connectivity index (χ0) is 14.4. The molecular formula is C17H28N2O. The van der Waals surface area contributed by atoms with Gasteiger partial charge >= 0.3 is 0 Å². The fourth-order valence-corrected chi connectivity index (χ4v) is 2.99. The molecule has 1 aromatic rings. The zero-order valence-corrected chi connectivity index (χ0v) is 13.1. The lowest BCUT2D eigenvalue weighted by atomic mass is 10.0. The summed E-state index contributed by atoms with van der Waals surface area (Å²) < 4.78 is 5.33. The molecule has 2 rings (SSSR count). The van der Waals surface area contributed by atoms with Crippen LogP contribution in [0.15, 0.2) is 18.2 Å². The molecule has 0 radical (unpaired) electrons. The molecule has 3 nitrogen and oxygen atoms in total.